The maximum atomic E-state index is 5.70. The van der Waals surface area contributed by atoms with Crippen molar-refractivity contribution in [1.82, 2.24) is 9.38 Å². The molecule has 4 heterocycles. The van der Waals surface area contributed by atoms with Crippen molar-refractivity contribution in [3.05, 3.63) is 43.4 Å². The lowest BCUT2D eigenvalue weighted by molar-refractivity contribution is 1.12. The fourth-order valence-corrected chi connectivity index (χ4v) is 6.46. The van der Waals surface area contributed by atoms with Gasteiger partial charge in [0.05, 0.1) is 18.8 Å². The number of rotatable bonds is 0. The lowest BCUT2D eigenvalue weighted by atomic mass is 10.3. The maximum absolute atomic E-state index is 5.70. The molecule has 0 saturated carbocycles. The summed E-state index contributed by atoms with van der Waals surface area (Å²) >= 11 is 24.2. The van der Waals surface area contributed by atoms with Gasteiger partial charge in [-0.05, 0) is 18.2 Å². The minimum absolute atomic E-state index is 0.717. The second-order valence-corrected chi connectivity index (χ2v) is 8.90. The molecule has 4 rings (SSSR count). The van der Waals surface area contributed by atoms with E-state index in [4.69, 9.17) is 41.6 Å². The number of aromatic nitrogens is 2. The minimum atomic E-state index is 0.717. The molecule has 0 N–H and O–H groups in total. The summed E-state index contributed by atoms with van der Waals surface area (Å²) in [6.45, 7) is 0. The number of hydrogen-bond donors (Lipinski definition) is 1. The van der Waals surface area contributed by atoms with Crippen molar-refractivity contribution in [3.8, 4) is 0 Å². The van der Waals surface area contributed by atoms with Crippen molar-refractivity contribution in [3.63, 3.8) is 0 Å². The van der Waals surface area contributed by atoms with Crippen LogP contribution >= 0.6 is 72.0 Å². The van der Waals surface area contributed by atoms with Crippen molar-refractivity contribution in [2.75, 3.05) is 0 Å². The van der Waals surface area contributed by atoms with E-state index >= 15 is 0 Å². The highest BCUT2D eigenvalue weighted by atomic mass is 32.2. The number of thiol groups is 1. The minimum Gasteiger partial charge on any atom is -0.292 e. The zero-order chi connectivity index (χ0) is 15.4. The van der Waals surface area contributed by atoms with Crippen LogP contribution in [-0.2, 0) is 0 Å². The van der Waals surface area contributed by atoms with E-state index in [1.54, 1.807) is 0 Å². The van der Waals surface area contributed by atoms with Crippen LogP contribution in [0.1, 0.15) is 0 Å². The van der Waals surface area contributed by atoms with Gasteiger partial charge in [-0.2, -0.15) is 0 Å². The largest absolute Gasteiger partial charge is 0.292 e. The van der Waals surface area contributed by atoms with Gasteiger partial charge < -0.3 is 0 Å². The fraction of sp³-hybridized carbons (Fsp3) is 0. The van der Waals surface area contributed by atoms with E-state index in [2.05, 4.69) is 12.6 Å². The standard InChI is InChI=1S/C14H6N2S6/c17-6-5-8(18)21-11-9(6)14(20)22-12-10(11)13(19)16-4-2-1-3-7(16)15-12/h1-5,18H. The van der Waals surface area contributed by atoms with Crippen molar-refractivity contribution < 1.29 is 0 Å². The quantitative estimate of drug-likeness (QED) is 0.164. The van der Waals surface area contributed by atoms with E-state index < -0.39 is 0 Å². The molecule has 0 aromatic carbocycles. The molecule has 2 nitrogen and oxygen atoms in total. The van der Waals surface area contributed by atoms with E-state index in [-0.39, 0.29) is 0 Å². The summed E-state index contributed by atoms with van der Waals surface area (Å²) in [6, 6.07) is 7.69. The fourth-order valence-electron chi connectivity index (χ4n) is 2.33. The number of nitrogens with zero attached hydrogens (tertiary/aromatic N) is 2. The zero-order valence-electron chi connectivity index (χ0n) is 10.8. The van der Waals surface area contributed by atoms with Crippen LogP contribution in [0.4, 0.5) is 0 Å². The van der Waals surface area contributed by atoms with Gasteiger partial charge >= 0.3 is 0 Å². The van der Waals surface area contributed by atoms with Crippen LogP contribution in [0.15, 0.2) is 34.7 Å². The van der Waals surface area contributed by atoms with Gasteiger partial charge in [-0.3, -0.25) is 4.40 Å². The average molecular weight is 395 g/mol. The van der Waals surface area contributed by atoms with Crippen LogP contribution in [0.2, 0.25) is 0 Å². The molecular formula is C14H6N2S6. The van der Waals surface area contributed by atoms with E-state index in [1.807, 2.05) is 34.9 Å². The van der Waals surface area contributed by atoms with Gasteiger partial charge in [0.2, 0.25) is 0 Å². The molecule has 0 aliphatic heterocycles. The average Bonchev–Trinajstić information content (AvgIpc) is 2.46. The molecule has 0 saturated heterocycles. The van der Waals surface area contributed by atoms with Crippen molar-refractivity contribution >= 4 is 97.9 Å². The first-order valence-corrected chi connectivity index (χ1v) is 9.48. The second kappa shape index (κ2) is 5.40. The smallest absolute Gasteiger partial charge is 0.139 e. The summed E-state index contributed by atoms with van der Waals surface area (Å²) in [4.78, 5) is 5.55. The Hall–Kier alpha value is -0.770. The van der Waals surface area contributed by atoms with Crippen LogP contribution in [-0.4, -0.2) is 9.38 Å². The molecule has 0 amide bonds. The number of pyridine rings is 1. The summed E-state index contributed by atoms with van der Waals surface area (Å²) in [5.74, 6) is 0. The Balaban J connectivity index is 2.45. The summed E-state index contributed by atoms with van der Waals surface area (Å²) in [6.07, 6.45) is 1.92. The van der Waals surface area contributed by atoms with Crippen LogP contribution in [0, 0.1) is 13.0 Å². The Bertz CT molecular complexity index is 1250. The molecule has 8 heteroatoms. The topological polar surface area (TPSA) is 17.3 Å². The van der Waals surface area contributed by atoms with Gasteiger partial charge in [0.25, 0.3) is 0 Å². The van der Waals surface area contributed by atoms with Gasteiger partial charge in [-0.25, -0.2) is 4.98 Å². The van der Waals surface area contributed by atoms with Crippen molar-refractivity contribution in [2.24, 2.45) is 0 Å². The molecule has 0 radical (unpaired) electrons. The van der Waals surface area contributed by atoms with Crippen LogP contribution in [0.25, 0.3) is 25.9 Å². The molecule has 0 aliphatic rings. The molecule has 0 aliphatic carbocycles. The molecule has 22 heavy (non-hydrogen) atoms. The molecule has 0 fully saturated rings. The summed E-state index contributed by atoms with van der Waals surface area (Å²) in [5.41, 5.74) is 0.815. The Labute approximate surface area is 154 Å². The number of fused-ring (bicyclic) bond motifs is 4. The van der Waals surface area contributed by atoms with E-state index in [0.29, 0.717) is 0 Å². The molecule has 0 spiro atoms. The van der Waals surface area contributed by atoms with Crippen molar-refractivity contribution in [1.29, 1.82) is 0 Å². The third-order valence-corrected chi connectivity index (χ3v) is 6.65. The SMILES string of the molecule is S=c1cc(S)sc2c1c(=S)sc1nc3ccccn3c(=S)c12. The molecule has 4 aromatic rings. The first kappa shape index (κ1) is 14.8. The van der Waals surface area contributed by atoms with E-state index in [9.17, 15) is 0 Å². The Morgan fingerprint density at radius 1 is 1.09 bits per heavy atom. The Kier molecular flexibility index (Phi) is 3.63. The van der Waals surface area contributed by atoms with Gasteiger partial charge in [0.15, 0.2) is 0 Å². The predicted molar refractivity (Wildman–Crippen MR) is 106 cm³/mol. The first-order chi connectivity index (χ1) is 10.6. The Morgan fingerprint density at radius 2 is 1.91 bits per heavy atom. The lowest BCUT2D eigenvalue weighted by Crippen LogP contribution is -1.94. The normalized spacial score (nSPS) is 11.5. The molecule has 4 aromatic heterocycles. The van der Waals surface area contributed by atoms with Crippen LogP contribution in [0.3, 0.4) is 0 Å². The van der Waals surface area contributed by atoms with E-state index in [0.717, 1.165) is 43.1 Å². The lowest BCUT2D eigenvalue weighted by Gasteiger charge is -2.07. The predicted octanol–water partition coefficient (Wildman–Crippen LogP) is 6.24. The van der Waals surface area contributed by atoms with Gasteiger partial charge in [-0.1, -0.05) is 42.7 Å². The molecular weight excluding hydrogens is 389 g/mol. The summed E-state index contributed by atoms with van der Waals surface area (Å²) in [7, 11) is 0. The van der Waals surface area contributed by atoms with Crippen molar-refractivity contribution in [2.45, 2.75) is 4.21 Å². The summed E-state index contributed by atoms with van der Waals surface area (Å²) < 4.78 is 5.92. The number of hydrogen-bond acceptors (Lipinski definition) is 7. The highest BCUT2D eigenvalue weighted by Crippen LogP contribution is 2.36. The third-order valence-electron chi connectivity index (χ3n) is 3.26. The highest BCUT2D eigenvalue weighted by molar-refractivity contribution is 7.83. The Morgan fingerprint density at radius 3 is 2.73 bits per heavy atom. The second-order valence-electron chi connectivity index (χ2n) is 4.57. The molecule has 0 unspecified atom stereocenters. The van der Waals surface area contributed by atoms with Crippen LogP contribution in [0.5, 0.6) is 0 Å². The zero-order valence-corrected chi connectivity index (χ0v) is 15.7. The monoisotopic (exact) mass is 394 g/mol. The molecule has 0 bridgehead atoms. The summed E-state index contributed by atoms with van der Waals surface area (Å²) in [5, 5.41) is 1.84. The third kappa shape index (κ3) is 2.17. The first-order valence-electron chi connectivity index (χ1n) is 6.17. The molecule has 108 valence electrons. The van der Waals surface area contributed by atoms with Crippen LogP contribution < -0.4 is 0 Å². The van der Waals surface area contributed by atoms with Gasteiger partial charge in [0, 0.05) is 11.6 Å². The maximum Gasteiger partial charge on any atom is 0.139 e. The van der Waals surface area contributed by atoms with Gasteiger partial charge in [-0.15, -0.1) is 35.3 Å². The van der Waals surface area contributed by atoms with E-state index in [1.165, 1.54) is 22.7 Å². The van der Waals surface area contributed by atoms with Gasteiger partial charge in [0.1, 0.15) is 18.9 Å². The molecule has 0 atom stereocenters. The highest BCUT2D eigenvalue weighted by Gasteiger charge is 2.11.